The maximum atomic E-state index is 11.7. The number of nitrogens with zero attached hydrogens (tertiary/aromatic N) is 3. The van der Waals surface area contributed by atoms with Crippen LogP contribution in [0.15, 0.2) is 12.3 Å². The minimum atomic E-state index is -0.489. The highest BCUT2D eigenvalue weighted by molar-refractivity contribution is 5.93. The molecule has 2 N–H and O–H groups in total. The number of hydrogen-bond donors (Lipinski definition) is 2. The molecule has 0 radical (unpaired) electrons. The highest BCUT2D eigenvalue weighted by Crippen LogP contribution is 2.47. The smallest absolute Gasteiger partial charge is 0.276 e. The topological polar surface area (TPSA) is 68.7 Å². The molecule has 25 heavy (non-hydrogen) atoms. The van der Waals surface area contributed by atoms with Crippen LogP contribution in [0.3, 0.4) is 0 Å². The van der Waals surface area contributed by atoms with Gasteiger partial charge in [-0.3, -0.25) is 19.9 Å². The van der Waals surface area contributed by atoms with Gasteiger partial charge >= 0.3 is 0 Å². The first-order chi connectivity index (χ1) is 12.0. The second kappa shape index (κ2) is 6.34. The molecule has 1 aromatic rings. The quantitative estimate of drug-likeness (QED) is 0.647. The summed E-state index contributed by atoms with van der Waals surface area (Å²) in [7, 11) is 2.21. The lowest BCUT2D eigenvalue weighted by molar-refractivity contribution is 0.0146. The van der Waals surface area contributed by atoms with Crippen LogP contribution in [0.5, 0.6) is 0 Å². The summed E-state index contributed by atoms with van der Waals surface area (Å²) in [6, 6.07) is 3.08. The van der Waals surface area contributed by atoms with Crippen molar-refractivity contribution in [3.63, 3.8) is 0 Å². The third-order valence-corrected chi connectivity index (χ3v) is 6.50. The van der Waals surface area contributed by atoms with E-state index in [2.05, 4.69) is 28.8 Å². The maximum absolute atomic E-state index is 11.7. The molecule has 2 aliphatic heterocycles. The number of hydrogen-bond acceptors (Lipinski definition) is 5. The van der Waals surface area contributed by atoms with Crippen LogP contribution in [-0.2, 0) is 13.0 Å². The molecule has 1 amide bonds. The lowest BCUT2D eigenvalue weighted by Gasteiger charge is -2.47. The Morgan fingerprint density at radius 1 is 1.48 bits per heavy atom. The van der Waals surface area contributed by atoms with Gasteiger partial charge in [-0.25, -0.2) is 5.48 Å². The van der Waals surface area contributed by atoms with Gasteiger partial charge in [0.2, 0.25) is 0 Å². The van der Waals surface area contributed by atoms with Crippen molar-refractivity contribution in [2.45, 2.75) is 57.7 Å². The molecule has 2 fully saturated rings. The summed E-state index contributed by atoms with van der Waals surface area (Å²) in [5.41, 5.74) is 4.93. The highest BCUT2D eigenvalue weighted by atomic mass is 16.5. The van der Waals surface area contributed by atoms with Gasteiger partial charge in [-0.2, -0.15) is 0 Å². The molecule has 4 rings (SSSR count). The molecule has 2 atom stereocenters. The first-order valence-corrected chi connectivity index (χ1v) is 9.40. The van der Waals surface area contributed by atoms with Gasteiger partial charge in [0.05, 0.1) is 5.56 Å². The van der Waals surface area contributed by atoms with Gasteiger partial charge < -0.3 is 4.90 Å². The Morgan fingerprint density at radius 2 is 2.28 bits per heavy atom. The first kappa shape index (κ1) is 16.9. The second-order valence-corrected chi connectivity index (χ2v) is 8.28. The van der Waals surface area contributed by atoms with Gasteiger partial charge in [-0.05, 0) is 49.8 Å². The minimum absolute atomic E-state index is 0.430. The van der Waals surface area contributed by atoms with Gasteiger partial charge in [0.25, 0.3) is 5.91 Å². The van der Waals surface area contributed by atoms with E-state index in [1.165, 1.54) is 32.4 Å². The fourth-order valence-electron chi connectivity index (χ4n) is 5.37. The van der Waals surface area contributed by atoms with E-state index in [1.807, 2.05) is 6.07 Å². The van der Waals surface area contributed by atoms with Crippen LogP contribution >= 0.6 is 0 Å². The van der Waals surface area contributed by atoms with E-state index in [9.17, 15) is 4.79 Å². The summed E-state index contributed by atoms with van der Waals surface area (Å²) in [5, 5.41) is 8.87. The number of rotatable bonds is 3. The van der Waals surface area contributed by atoms with Crippen molar-refractivity contribution >= 4 is 5.91 Å². The predicted octanol–water partition coefficient (Wildman–Crippen LogP) is 1.82. The normalized spacial score (nSPS) is 28.6. The van der Waals surface area contributed by atoms with Gasteiger partial charge in [0.15, 0.2) is 0 Å². The molecule has 1 spiro atoms. The molecule has 1 aromatic heterocycles. The van der Waals surface area contributed by atoms with E-state index in [-0.39, 0.29) is 0 Å². The SMILES string of the molecule is CC[C@@H]1Cc2ncc(C(=O)NO)cc2CN1[C@@H]1CCC2(C1)CN(C)C2. The van der Waals surface area contributed by atoms with Gasteiger partial charge in [-0.15, -0.1) is 0 Å². The molecule has 3 aliphatic rings. The molecule has 1 saturated carbocycles. The molecular weight excluding hydrogens is 316 g/mol. The average Bonchev–Trinajstić information content (AvgIpc) is 3.04. The van der Waals surface area contributed by atoms with Crippen molar-refractivity contribution in [1.82, 2.24) is 20.3 Å². The molecule has 0 unspecified atom stereocenters. The fraction of sp³-hybridized carbons (Fsp3) is 0.684. The van der Waals surface area contributed by atoms with Crippen molar-refractivity contribution in [3.8, 4) is 0 Å². The van der Waals surface area contributed by atoms with E-state index in [0.29, 0.717) is 23.1 Å². The molecule has 6 nitrogen and oxygen atoms in total. The van der Waals surface area contributed by atoms with Crippen LogP contribution in [-0.4, -0.2) is 58.1 Å². The molecule has 6 heteroatoms. The summed E-state index contributed by atoms with van der Waals surface area (Å²) in [5.74, 6) is -0.489. The number of pyridine rings is 1. The third kappa shape index (κ3) is 2.96. The molecular formula is C19H28N4O2. The van der Waals surface area contributed by atoms with Crippen LogP contribution in [0.25, 0.3) is 0 Å². The summed E-state index contributed by atoms with van der Waals surface area (Å²) < 4.78 is 0. The fourth-order valence-corrected chi connectivity index (χ4v) is 5.37. The number of aromatic nitrogens is 1. The van der Waals surface area contributed by atoms with E-state index in [1.54, 1.807) is 11.7 Å². The summed E-state index contributed by atoms with van der Waals surface area (Å²) >= 11 is 0. The molecule has 0 aromatic carbocycles. The molecule has 1 saturated heterocycles. The van der Waals surface area contributed by atoms with Crippen LogP contribution in [0.1, 0.15) is 54.2 Å². The highest BCUT2D eigenvalue weighted by Gasteiger charge is 2.49. The van der Waals surface area contributed by atoms with Crippen LogP contribution < -0.4 is 5.48 Å². The monoisotopic (exact) mass is 344 g/mol. The third-order valence-electron chi connectivity index (χ3n) is 6.50. The Morgan fingerprint density at radius 3 is 2.96 bits per heavy atom. The van der Waals surface area contributed by atoms with Crippen molar-refractivity contribution in [3.05, 3.63) is 29.1 Å². The molecule has 0 bridgehead atoms. The zero-order chi connectivity index (χ0) is 17.6. The number of likely N-dealkylation sites (tertiary alicyclic amines) is 1. The standard InChI is InChI=1S/C19H28N4O2/c1-3-15-7-17-14(6-13(9-20-17)18(24)21-25)10-23(15)16-4-5-19(8-16)11-22(2)12-19/h6,9,15-16,25H,3-5,7-8,10-12H2,1-2H3,(H,21,24)/t15-,16-/m1/s1. The largest absolute Gasteiger partial charge is 0.305 e. The van der Waals surface area contributed by atoms with Gasteiger partial charge in [0, 0.05) is 50.0 Å². The Hall–Kier alpha value is -1.50. The average molecular weight is 344 g/mol. The Labute approximate surface area is 149 Å². The van der Waals surface area contributed by atoms with E-state index < -0.39 is 5.91 Å². The van der Waals surface area contributed by atoms with Gasteiger partial charge in [-0.1, -0.05) is 6.92 Å². The van der Waals surface area contributed by atoms with Crippen molar-refractivity contribution in [1.29, 1.82) is 0 Å². The molecule has 3 heterocycles. The number of amides is 1. The molecule has 136 valence electrons. The maximum Gasteiger partial charge on any atom is 0.276 e. The number of nitrogens with one attached hydrogen (secondary N) is 1. The van der Waals surface area contributed by atoms with E-state index in [0.717, 1.165) is 30.6 Å². The Balaban J connectivity index is 1.54. The van der Waals surface area contributed by atoms with Crippen LogP contribution in [0.4, 0.5) is 0 Å². The van der Waals surface area contributed by atoms with Gasteiger partial charge in [0.1, 0.15) is 0 Å². The first-order valence-electron chi connectivity index (χ1n) is 9.40. The second-order valence-electron chi connectivity index (χ2n) is 8.28. The van der Waals surface area contributed by atoms with Crippen LogP contribution in [0, 0.1) is 5.41 Å². The summed E-state index contributed by atoms with van der Waals surface area (Å²) in [6.07, 6.45) is 7.57. The summed E-state index contributed by atoms with van der Waals surface area (Å²) in [4.78, 5) is 21.3. The Bertz CT molecular complexity index is 671. The van der Waals surface area contributed by atoms with E-state index >= 15 is 0 Å². The Kier molecular flexibility index (Phi) is 4.30. The number of carbonyl (C=O) groups is 1. The minimum Gasteiger partial charge on any atom is -0.305 e. The zero-order valence-corrected chi connectivity index (χ0v) is 15.2. The predicted molar refractivity (Wildman–Crippen MR) is 94.4 cm³/mol. The van der Waals surface area contributed by atoms with E-state index in [4.69, 9.17) is 5.21 Å². The zero-order valence-electron chi connectivity index (χ0n) is 15.2. The van der Waals surface area contributed by atoms with Crippen molar-refractivity contribution < 1.29 is 10.0 Å². The van der Waals surface area contributed by atoms with Crippen molar-refractivity contribution in [2.24, 2.45) is 5.41 Å². The lowest BCUT2D eigenvalue weighted by Crippen LogP contribution is -2.54. The number of carbonyl (C=O) groups excluding carboxylic acids is 1. The van der Waals surface area contributed by atoms with Crippen LogP contribution in [0.2, 0.25) is 0 Å². The van der Waals surface area contributed by atoms with Crippen molar-refractivity contribution in [2.75, 3.05) is 20.1 Å². The molecule has 1 aliphatic carbocycles. The number of fused-ring (bicyclic) bond motifs is 1. The summed E-state index contributed by atoms with van der Waals surface area (Å²) in [6.45, 7) is 5.61. The number of hydroxylamine groups is 1. The lowest BCUT2D eigenvalue weighted by atomic mass is 9.78.